The van der Waals surface area contributed by atoms with E-state index in [0.29, 0.717) is 5.75 Å². The van der Waals surface area contributed by atoms with Gasteiger partial charge < -0.3 is 9.84 Å². The van der Waals surface area contributed by atoms with Crippen molar-refractivity contribution in [3.8, 4) is 5.75 Å². The number of carbonyl (C=O) groups is 1. The molecule has 0 saturated carbocycles. The van der Waals surface area contributed by atoms with E-state index in [-0.39, 0.29) is 11.5 Å². The van der Waals surface area contributed by atoms with Gasteiger partial charge in [0.2, 0.25) is 0 Å². The van der Waals surface area contributed by atoms with Gasteiger partial charge in [0.25, 0.3) is 0 Å². The molecule has 0 aliphatic rings. The van der Waals surface area contributed by atoms with Crippen molar-refractivity contribution in [2.75, 3.05) is 7.11 Å². The molecule has 1 atom stereocenters. The minimum absolute atomic E-state index is 0.0534. The number of fused-ring (bicyclic) bond motifs is 1. The van der Waals surface area contributed by atoms with Crippen LogP contribution in [0.25, 0.3) is 10.8 Å². The first-order valence-corrected chi connectivity index (χ1v) is 7.51. The highest BCUT2D eigenvalue weighted by molar-refractivity contribution is 5.94. The highest BCUT2D eigenvalue weighted by Gasteiger charge is 2.22. The molecule has 0 amide bonds. The van der Waals surface area contributed by atoms with Crippen LogP contribution >= 0.6 is 0 Å². The van der Waals surface area contributed by atoms with Gasteiger partial charge in [-0.1, -0.05) is 61.5 Å². The Morgan fingerprint density at radius 3 is 2.35 bits per heavy atom. The summed E-state index contributed by atoms with van der Waals surface area (Å²) in [6.45, 7) is 2.03. The number of rotatable bonds is 4. The van der Waals surface area contributed by atoms with E-state index >= 15 is 0 Å². The zero-order chi connectivity index (χ0) is 16.4. The monoisotopic (exact) mass is 306 g/mol. The maximum absolute atomic E-state index is 11.7. The van der Waals surface area contributed by atoms with E-state index in [4.69, 9.17) is 4.74 Å². The summed E-state index contributed by atoms with van der Waals surface area (Å²) in [6.07, 6.45) is 0. The largest absolute Gasteiger partial charge is 0.496 e. The lowest BCUT2D eigenvalue weighted by atomic mass is 9.86. The van der Waals surface area contributed by atoms with Crippen molar-refractivity contribution in [2.45, 2.75) is 12.8 Å². The molecule has 0 spiro atoms. The number of carboxylic acids is 1. The highest BCUT2D eigenvalue weighted by Crippen LogP contribution is 2.35. The molecule has 116 valence electrons. The Morgan fingerprint density at radius 2 is 1.61 bits per heavy atom. The average molecular weight is 306 g/mol. The summed E-state index contributed by atoms with van der Waals surface area (Å²) in [6, 6.07) is 19.6. The number of ether oxygens (including phenoxy) is 1. The third-order valence-corrected chi connectivity index (χ3v) is 4.25. The molecule has 3 heteroatoms. The number of carboxylic acid groups (broad SMARTS) is 1. The number of benzene rings is 3. The van der Waals surface area contributed by atoms with E-state index in [2.05, 4.69) is 24.3 Å². The number of aromatic carboxylic acids is 1. The Morgan fingerprint density at radius 1 is 0.957 bits per heavy atom. The molecule has 0 bridgehead atoms. The van der Waals surface area contributed by atoms with Crippen LogP contribution < -0.4 is 4.74 Å². The second-order valence-corrected chi connectivity index (χ2v) is 5.52. The van der Waals surface area contributed by atoms with Crippen molar-refractivity contribution < 1.29 is 14.6 Å². The highest BCUT2D eigenvalue weighted by atomic mass is 16.5. The Kier molecular flexibility index (Phi) is 4.02. The molecule has 0 aliphatic carbocycles. The SMILES string of the molecule is COc1cccc(C(C)c2cccc3ccccc23)c1C(=O)O. The molecule has 0 aromatic heterocycles. The molecule has 23 heavy (non-hydrogen) atoms. The number of hydrogen-bond donors (Lipinski definition) is 1. The third kappa shape index (κ3) is 2.66. The molecular weight excluding hydrogens is 288 g/mol. The normalized spacial score (nSPS) is 12.1. The molecule has 0 radical (unpaired) electrons. The Hall–Kier alpha value is -2.81. The van der Waals surface area contributed by atoms with E-state index < -0.39 is 5.97 Å². The molecule has 1 unspecified atom stereocenters. The minimum Gasteiger partial charge on any atom is -0.496 e. The summed E-state index contributed by atoms with van der Waals surface area (Å²) in [4.78, 5) is 11.7. The van der Waals surface area contributed by atoms with E-state index in [1.807, 2.05) is 37.3 Å². The average Bonchev–Trinajstić information content (AvgIpc) is 2.59. The first-order chi connectivity index (χ1) is 11.1. The lowest BCUT2D eigenvalue weighted by Gasteiger charge is -2.19. The maximum atomic E-state index is 11.7. The van der Waals surface area contributed by atoms with Crippen molar-refractivity contribution >= 4 is 16.7 Å². The van der Waals surface area contributed by atoms with E-state index in [1.54, 1.807) is 6.07 Å². The van der Waals surface area contributed by atoms with Crippen LogP contribution in [-0.4, -0.2) is 18.2 Å². The van der Waals surface area contributed by atoms with Gasteiger partial charge in [-0.25, -0.2) is 4.79 Å². The summed E-state index contributed by atoms with van der Waals surface area (Å²) in [5.74, 6) is -0.631. The van der Waals surface area contributed by atoms with Gasteiger partial charge in [-0.2, -0.15) is 0 Å². The van der Waals surface area contributed by atoms with Gasteiger partial charge in [0.15, 0.2) is 0 Å². The fourth-order valence-electron chi connectivity index (χ4n) is 3.10. The Balaban J connectivity index is 2.20. The second-order valence-electron chi connectivity index (χ2n) is 5.52. The lowest BCUT2D eigenvalue weighted by molar-refractivity contribution is 0.0692. The smallest absolute Gasteiger partial charge is 0.339 e. The van der Waals surface area contributed by atoms with E-state index in [1.165, 1.54) is 7.11 Å². The van der Waals surface area contributed by atoms with Gasteiger partial charge in [-0.3, -0.25) is 0 Å². The zero-order valence-electron chi connectivity index (χ0n) is 13.1. The molecule has 1 N–H and O–H groups in total. The van der Waals surface area contributed by atoms with E-state index in [0.717, 1.165) is 21.9 Å². The molecular formula is C20H18O3. The number of hydrogen-bond acceptors (Lipinski definition) is 2. The van der Waals surface area contributed by atoms with Gasteiger partial charge in [0, 0.05) is 5.92 Å². The first kappa shape index (κ1) is 15.1. The van der Waals surface area contributed by atoms with Crippen molar-refractivity contribution in [3.05, 3.63) is 77.4 Å². The van der Waals surface area contributed by atoms with Crippen LogP contribution in [0.3, 0.4) is 0 Å². The zero-order valence-corrected chi connectivity index (χ0v) is 13.1. The molecule has 0 fully saturated rings. The molecule has 0 aliphatic heterocycles. The van der Waals surface area contributed by atoms with Gasteiger partial charge in [0.1, 0.15) is 11.3 Å². The second kappa shape index (κ2) is 6.13. The van der Waals surface area contributed by atoms with Crippen LogP contribution in [-0.2, 0) is 0 Å². The van der Waals surface area contributed by atoms with Crippen molar-refractivity contribution in [1.29, 1.82) is 0 Å². The number of methoxy groups -OCH3 is 1. The topological polar surface area (TPSA) is 46.5 Å². The van der Waals surface area contributed by atoms with Gasteiger partial charge in [0.05, 0.1) is 7.11 Å². The predicted octanol–water partition coefficient (Wildman–Crippen LogP) is 4.70. The summed E-state index contributed by atoms with van der Waals surface area (Å²) in [5, 5.41) is 11.9. The van der Waals surface area contributed by atoms with Crippen molar-refractivity contribution in [1.82, 2.24) is 0 Å². The summed E-state index contributed by atoms with van der Waals surface area (Å²) in [7, 11) is 1.49. The fraction of sp³-hybridized carbons (Fsp3) is 0.150. The maximum Gasteiger partial charge on any atom is 0.339 e. The van der Waals surface area contributed by atoms with Crippen LogP contribution in [0.15, 0.2) is 60.7 Å². The minimum atomic E-state index is -0.968. The quantitative estimate of drug-likeness (QED) is 0.760. The summed E-state index contributed by atoms with van der Waals surface area (Å²) in [5.41, 5.74) is 2.10. The van der Waals surface area contributed by atoms with Crippen molar-refractivity contribution in [2.24, 2.45) is 0 Å². The molecule has 3 aromatic rings. The molecule has 0 heterocycles. The van der Waals surface area contributed by atoms with Gasteiger partial charge in [-0.05, 0) is 28.0 Å². The fourth-order valence-corrected chi connectivity index (χ4v) is 3.10. The van der Waals surface area contributed by atoms with Crippen LogP contribution in [0, 0.1) is 0 Å². The molecule has 3 aromatic carbocycles. The standard InChI is InChI=1S/C20H18O3/c1-13(15-10-5-8-14-7-3-4-9-17(14)15)16-11-6-12-18(23-2)19(16)20(21)22/h3-13H,1-2H3,(H,21,22). The third-order valence-electron chi connectivity index (χ3n) is 4.25. The Labute approximate surface area is 135 Å². The molecule has 3 nitrogen and oxygen atoms in total. The van der Waals surface area contributed by atoms with Crippen LogP contribution in [0.1, 0.15) is 34.3 Å². The van der Waals surface area contributed by atoms with Crippen LogP contribution in [0.2, 0.25) is 0 Å². The van der Waals surface area contributed by atoms with Crippen molar-refractivity contribution in [3.63, 3.8) is 0 Å². The summed E-state index contributed by atoms with van der Waals surface area (Å²) >= 11 is 0. The van der Waals surface area contributed by atoms with Gasteiger partial charge >= 0.3 is 5.97 Å². The summed E-state index contributed by atoms with van der Waals surface area (Å²) < 4.78 is 5.24. The Bertz CT molecular complexity index is 862. The lowest BCUT2D eigenvalue weighted by Crippen LogP contribution is -2.09. The van der Waals surface area contributed by atoms with Gasteiger partial charge in [-0.15, -0.1) is 0 Å². The molecule has 0 saturated heterocycles. The van der Waals surface area contributed by atoms with E-state index in [9.17, 15) is 9.90 Å². The van der Waals surface area contributed by atoms with Crippen LogP contribution in [0.5, 0.6) is 5.75 Å². The first-order valence-electron chi connectivity index (χ1n) is 7.51. The van der Waals surface area contributed by atoms with Crippen LogP contribution in [0.4, 0.5) is 0 Å². The molecule has 3 rings (SSSR count). The predicted molar refractivity (Wildman–Crippen MR) is 91.4 cm³/mol.